The number of benzene rings is 1. The van der Waals surface area contributed by atoms with Crippen LogP contribution < -0.4 is 5.56 Å². The maximum atomic E-state index is 12.2. The maximum Gasteiger partial charge on any atom is 0.256 e. The first kappa shape index (κ1) is 16.4. The number of nitrogens with zero attached hydrogens (tertiary/aromatic N) is 2. The summed E-state index contributed by atoms with van der Waals surface area (Å²) in [7, 11) is -3.53. The summed E-state index contributed by atoms with van der Waals surface area (Å²) in [6.07, 6.45) is 7.08. The molecular weight excluding hydrogens is 326 g/mol. The Balaban J connectivity index is 1.88. The number of fused-ring (bicyclic) bond motifs is 1. The van der Waals surface area contributed by atoms with Crippen LogP contribution in [0.15, 0.2) is 34.2 Å². The van der Waals surface area contributed by atoms with Crippen molar-refractivity contribution >= 4 is 9.84 Å². The standard InChI is InChI=1S/C17H17N3O3S/c1-3-12-6-4-5-7-13(12)10-20-9-8-15-14(11-20)16(21)19-17(18-15)24(2,22)23/h1,4-7H,8-11H2,2H3,(H,18,19,21). The molecule has 1 aliphatic rings. The van der Waals surface area contributed by atoms with Gasteiger partial charge in [-0.25, -0.2) is 13.4 Å². The van der Waals surface area contributed by atoms with Gasteiger partial charge in [-0.05, 0) is 11.6 Å². The normalized spacial score (nSPS) is 14.8. The molecule has 1 aromatic carbocycles. The van der Waals surface area contributed by atoms with Crippen molar-refractivity contribution in [3.05, 3.63) is 57.0 Å². The van der Waals surface area contributed by atoms with Gasteiger partial charge in [-0.15, -0.1) is 6.42 Å². The molecule has 0 aliphatic carbocycles. The third kappa shape index (κ3) is 3.25. The second-order valence-electron chi connectivity index (χ2n) is 5.83. The van der Waals surface area contributed by atoms with Gasteiger partial charge in [0.2, 0.25) is 15.0 Å². The van der Waals surface area contributed by atoms with Gasteiger partial charge in [-0.3, -0.25) is 14.7 Å². The van der Waals surface area contributed by atoms with E-state index in [1.165, 1.54) is 0 Å². The van der Waals surface area contributed by atoms with E-state index in [1.807, 2.05) is 24.3 Å². The fraction of sp³-hybridized carbons (Fsp3) is 0.294. The molecule has 0 saturated heterocycles. The second-order valence-corrected chi connectivity index (χ2v) is 7.76. The Bertz CT molecular complexity index is 987. The molecule has 0 fully saturated rings. The molecule has 7 heteroatoms. The SMILES string of the molecule is C#Cc1ccccc1CN1CCc2nc(S(C)(=O)=O)[nH]c(=O)c2C1. The highest BCUT2D eigenvalue weighted by atomic mass is 32.2. The number of nitrogens with one attached hydrogen (secondary N) is 1. The Kier molecular flexibility index (Phi) is 4.26. The molecule has 24 heavy (non-hydrogen) atoms. The molecule has 124 valence electrons. The van der Waals surface area contributed by atoms with Crippen molar-refractivity contribution in [1.29, 1.82) is 0 Å². The fourth-order valence-electron chi connectivity index (χ4n) is 2.81. The maximum absolute atomic E-state index is 12.2. The molecule has 1 N–H and O–H groups in total. The number of aromatic amines is 1. The lowest BCUT2D eigenvalue weighted by Crippen LogP contribution is -2.36. The molecule has 0 saturated carbocycles. The van der Waals surface area contributed by atoms with Gasteiger partial charge in [0, 0.05) is 37.9 Å². The predicted molar refractivity (Wildman–Crippen MR) is 90.2 cm³/mol. The Morgan fingerprint density at radius 1 is 1.38 bits per heavy atom. The van der Waals surface area contributed by atoms with Crippen LogP contribution in [0.5, 0.6) is 0 Å². The number of rotatable bonds is 3. The molecule has 0 radical (unpaired) electrons. The highest BCUT2D eigenvalue weighted by Gasteiger charge is 2.23. The lowest BCUT2D eigenvalue weighted by molar-refractivity contribution is 0.240. The molecule has 0 unspecified atom stereocenters. The van der Waals surface area contributed by atoms with Crippen molar-refractivity contribution in [1.82, 2.24) is 14.9 Å². The lowest BCUT2D eigenvalue weighted by Gasteiger charge is -2.28. The Labute approximate surface area is 140 Å². The van der Waals surface area contributed by atoms with Crippen molar-refractivity contribution in [2.45, 2.75) is 24.7 Å². The summed E-state index contributed by atoms with van der Waals surface area (Å²) < 4.78 is 23.2. The van der Waals surface area contributed by atoms with Crippen LogP contribution in [0.1, 0.15) is 22.4 Å². The summed E-state index contributed by atoms with van der Waals surface area (Å²) in [6, 6.07) is 7.69. The third-order valence-electron chi connectivity index (χ3n) is 4.04. The van der Waals surface area contributed by atoms with Crippen LogP contribution in [0.2, 0.25) is 0 Å². The van der Waals surface area contributed by atoms with Crippen molar-refractivity contribution in [2.75, 3.05) is 12.8 Å². The first-order chi connectivity index (χ1) is 11.4. The number of sulfone groups is 1. The average molecular weight is 343 g/mol. The summed E-state index contributed by atoms with van der Waals surface area (Å²) in [5, 5.41) is -0.266. The highest BCUT2D eigenvalue weighted by Crippen LogP contribution is 2.18. The third-order valence-corrected chi connectivity index (χ3v) is 4.94. The predicted octanol–water partition coefficient (Wildman–Crippen LogP) is 0.713. The topological polar surface area (TPSA) is 83.1 Å². The fourth-order valence-corrected chi connectivity index (χ4v) is 3.36. The lowest BCUT2D eigenvalue weighted by atomic mass is 10.0. The zero-order chi connectivity index (χ0) is 17.3. The Morgan fingerprint density at radius 3 is 2.83 bits per heavy atom. The van der Waals surface area contributed by atoms with Gasteiger partial charge in [0.25, 0.3) is 5.56 Å². The number of hydrogen-bond acceptors (Lipinski definition) is 5. The molecule has 0 spiro atoms. The molecule has 1 aromatic heterocycles. The molecule has 0 bridgehead atoms. The molecule has 2 aromatic rings. The molecule has 0 atom stereocenters. The van der Waals surface area contributed by atoms with E-state index in [-0.39, 0.29) is 5.16 Å². The van der Waals surface area contributed by atoms with Gasteiger partial charge in [0.05, 0.1) is 11.3 Å². The van der Waals surface area contributed by atoms with Crippen LogP contribution in [0.4, 0.5) is 0 Å². The van der Waals surface area contributed by atoms with Crippen LogP contribution in [-0.4, -0.2) is 36.1 Å². The van der Waals surface area contributed by atoms with Gasteiger partial charge in [0.1, 0.15) is 0 Å². The summed E-state index contributed by atoms with van der Waals surface area (Å²) in [4.78, 5) is 20.8. The van der Waals surface area contributed by atoms with Crippen molar-refractivity contribution in [3.8, 4) is 12.3 Å². The van der Waals surface area contributed by atoms with Crippen LogP contribution >= 0.6 is 0 Å². The molecule has 3 rings (SSSR count). The number of terminal acetylenes is 1. The molecule has 6 nitrogen and oxygen atoms in total. The zero-order valence-corrected chi connectivity index (χ0v) is 14.1. The summed E-state index contributed by atoms with van der Waals surface area (Å²) >= 11 is 0. The smallest absolute Gasteiger partial charge is 0.256 e. The minimum absolute atomic E-state index is 0.266. The Hall–Kier alpha value is -2.43. The van der Waals surface area contributed by atoms with Gasteiger partial charge in [0.15, 0.2) is 0 Å². The first-order valence-electron chi connectivity index (χ1n) is 7.47. The molecule has 0 amide bonds. The largest absolute Gasteiger partial charge is 0.297 e. The first-order valence-corrected chi connectivity index (χ1v) is 9.36. The van der Waals surface area contributed by atoms with Gasteiger partial charge in [-0.1, -0.05) is 24.1 Å². The van der Waals surface area contributed by atoms with Gasteiger partial charge >= 0.3 is 0 Å². The second kappa shape index (κ2) is 6.23. The van der Waals surface area contributed by atoms with E-state index >= 15 is 0 Å². The monoisotopic (exact) mass is 343 g/mol. The van der Waals surface area contributed by atoms with E-state index in [4.69, 9.17) is 6.42 Å². The van der Waals surface area contributed by atoms with E-state index in [9.17, 15) is 13.2 Å². The molecular formula is C17H17N3O3S. The van der Waals surface area contributed by atoms with Crippen LogP contribution in [0, 0.1) is 12.3 Å². The molecule has 1 aliphatic heterocycles. The van der Waals surface area contributed by atoms with Crippen LogP contribution in [0.25, 0.3) is 0 Å². The van der Waals surface area contributed by atoms with Crippen LogP contribution in [-0.2, 0) is 29.3 Å². The van der Waals surface area contributed by atoms with Crippen LogP contribution in [0.3, 0.4) is 0 Å². The summed E-state index contributed by atoms with van der Waals surface area (Å²) in [5.41, 5.74) is 2.55. The summed E-state index contributed by atoms with van der Waals surface area (Å²) in [6.45, 7) is 1.74. The van der Waals surface area contributed by atoms with Crippen molar-refractivity contribution in [2.24, 2.45) is 0 Å². The average Bonchev–Trinajstić information content (AvgIpc) is 2.55. The number of hydrogen-bond donors (Lipinski definition) is 1. The van der Waals surface area contributed by atoms with Gasteiger partial charge < -0.3 is 0 Å². The highest BCUT2D eigenvalue weighted by molar-refractivity contribution is 7.90. The quantitative estimate of drug-likeness (QED) is 0.656. The van der Waals surface area contributed by atoms with E-state index in [2.05, 4.69) is 20.8 Å². The number of H-pyrrole nitrogens is 1. The minimum atomic E-state index is -3.53. The van der Waals surface area contributed by atoms with Gasteiger partial charge in [-0.2, -0.15) is 0 Å². The Morgan fingerprint density at radius 2 is 2.12 bits per heavy atom. The summed E-state index contributed by atoms with van der Waals surface area (Å²) in [5.74, 6) is 2.67. The van der Waals surface area contributed by atoms with E-state index in [0.717, 1.165) is 17.4 Å². The van der Waals surface area contributed by atoms with E-state index in [1.54, 1.807) is 0 Å². The van der Waals surface area contributed by atoms with Crippen molar-refractivity contribution in [3.63, 3.8) is 0 Å². The van der Waals surface area contributed by atoms with Crippen molar-refractivity contribution < 1.29 is 8.42 Å². The van der Waals surface area contributed by atoms with E-state index < -0.39 is 15.4 Å². The minimum Gasteiger partial charge on any atom is -0.297 e. The molecule has 2 heterocycles. The number of aromatic nitrogens is 2. The van der Waals surface area contributed by atoms with E-state index in [0.29, 0.717) is 37.3 Å². The zero-order valence-electron chi connectivity index (χ0n) is 13.2.